The van der Waals surface area contributed by atoms with Crippen LogP contribution in [0.4, 0.5) is 5.13 Å². The molecule has 5 heteroatoms. The number of aromatic nitrogens is 2. The Morgan fingerprint density at radius 3 is 2.95 bits per heavy atom. The van der Waals surface area contributed by atoms with Crippen LogP contribution in [0.15, 0.2) is 30.3 Å². The van der Waals surface area contributed by atoms with Crippen LogP contribution in [0, 0.1) is 5.92 Å². The number of hydrogen-bond donors (Lipinski definition) is 0. The van der Waals surface area contributed by atoms with E-state index in [1.54, 1.807) is 0 Å². The fourth-order valence-corrected chi connectivity index (χ4v) is 3.15. The van der Waals surface area contributed by atoms with E-state index in [9.17, 15) is 0 Å². The van der Waals surface area contributed by atoms with Gasteiger partial charge in [0.15, 0.2) is 5.82 Å². The maximum absolute atomic E-state index is 5.53. The average molecular weight is 289 g/mol. The van der Waals surface area contributed by atoms with Crippen molar-refractivity contribution >= 4 is 16.7 Å². The number of rotatable bonds is 4. The average Bonchev–Trinajstić information content (AvgIpc) is 2.99. The van der Waals surface area contributed by atoms with Gasteiger partial charge >= 0.3 is 0 Å². The number of anilines is 1. The lowest BCUT2D eigenvalue weighted by atomic mass is 10.0. The minimum absolute atomic E-state index is 0.609. The monoisotopic (exact) mass is 289 g/mol. The molecule has 1 aliphatic rings. The molecule has 1 saturated heterocycles. The van der Waals surface area contributed by atoms with Gasteiger partial charge in [-0.05, 0) is 18.8 Å². The van der Waals surface area contributed by atoms with Crippen molar-refractivity contribution in [3.8, 4) is 11.4 Å². The summed E-state index contributed by atoms with van der Waals surface area (Å²) in [7, 11) is 2.09. The van der Waals surface area contributed by atoms with Crippen LogP contribution in [0.25, 0.3) is 11.4 Å². The van der Waals surface area contributed by atoms with Crippen LogP contribution in [0.2, 0.25) is 0 Å². The molecule has 0 bridgehead atoms. The predicted octanol–water partition coefficient (Wildman–Crippen LogP) is 3.07. The van der Waals surface area contributed by atoms with Gasteiger partial charge in [-0.15, -0.1) is 0 Å². The van der Waals surface area contributed by atoms with E-state index in [-0.39, 0.29) is 0 Å². The van der Waals surface area contributed by atoms with E-state index >= 15 is 0 Å². The highest BCUT2D eigenvalue weighted by atomic mass is 32.1. The molecule has 106 valence electrons. The Balaban J connectivity index is 1.66. The molecule has 2 heterocycles. The second-order valence-corrected chi connectivity index (χ2v) is 5.96. The topological polar surface area (TPSA) is 38.2 Å². The number of nitrogens with zero attached hydrogens (tertiary/aromatic N) is 3. The van der Waals surface area contributed by atoms with Crippen LogP contribution < -0.4 is 4.90 Å². The van der Waals surface area contributed by atoms with Crippen molar-refractivity contribution in [1.29, 1.82) is 0 Å². The number of hydrogen-bond acceptors (Lipinski definition) is 5. The second kappa shape index (κ2) is 6.33. The number of ether oxygens (including phenoxy) is 1. The molecule has 0 saturated carbocycles. The quantitative estimate of drug-likeness (QED) is 0.867. The lowest BCUT2D eigenvalue weighted by molar-refractivity contribution is 0.0576. The lowest BCUT2D eigenvalue weighted by Gasteiger charge is -2.26. The van der Waals surface area contributed by atoms with Crippen molar-refractivity contribution in [2.45, 2.75) is 12.8 Å². The van der Waals surface area contributed by atoms with Crippen LogP contribution in [0.5, 0.6) is 0 Å². The Hall–Kier alpha value is -1.46. The van der Waals surface area contributed by atoms with E-state index in [2.05, 4.69) is 21.3 Å². The summed E-state index contributed by atoms with van der Waals surface area (Å²) in [5.41, 5.74) is 1.07. The van der Waals surface area contributed by atoms with Crippen molar-refractivity contribution in [1.82, 2.24) is 9.36 Å². The molecular weight excluding hydrogens is 270 g/mol. The van der Waals surface area contributed by atoms with Gasteiger partial charge < -0.3 is 9.64 Å². The Bertz CT molecular complexity index is 537. The summed E-state index contributed by atoms with van der Waals surface area (Å²) in [6.07, 6.45) is 2.42. The van der Waals surface area contributed by atoms with Gasteiger partial charge in [-0.3, -0.25) is 0 Å². The van der Waals surface area contributed by atoms with Gasteiger partial charge in [0.25, 0.3) is 0 Å². The molecule has 1 aromatic heterocycles. The maximum atomic E-state index is 5.53. The smallest absolute Gasteiger partial charge is 0.205 e. The highest BCUT2D eigenvalue weighted by Crippen LogP contribution is 2.24. The van der Waals surface area contributed by atoms with Gasteiger partial charge in [0.05, 0.1) is 6.61 Å². The van der Waals surface area contributed by atoms with Crippen molar-refractivity contribution in [3.05, 3.63) is 30.3 Å². The molecular formula is C15H19N3OS. The molecule has 20 heavy (non-hydrogen) atoms. The standard InChI is InChI=1S/C15H19N3OS/c1-18(10-12-6-5-9-19-11-12)15-16-14(17-20-15)13-7-3-2-4-8-13/h2-4,7-8,12H,5-6,9-11H2,1H3. The number of benzene rings is 1. The molecule has 0 spiro atoms. The first-order chi connectivity index (χ1) is 9.83. The van der Waals surface area contributed by atoms with Gasteiger partial charge in [0.1, 0.15) is 0 Å². The molecule has 2 aromatic rings. The summed E-state index contributed by atoms with van der Waals surface area (Å²) >= 11 is 1.47. The van der Waals surface area contributed by atoms with E-state index < -0.39 is 0 Å². The molecule has 3 rings (SSSR count). The minimum atomic E-state index is 0.609. The van der Waals surface area contributed by atoms with Crippen molar-refractivity contribution < 1.29 is 4.74 Å². The summed E-state index contributed by atoms with van der Waals surface area (Å²) in [4.78, 5) is 6.84. The second-order valence-electron chi connectivity index (χ2n) is 5.23. The molecule has 1 aliphatic heterocycles. The normalized spacial score (nSPS) is 18.9. The molecule has 0 aliphatic carbocycles. The van der Waals surface area contributed by atoms with Crippen LogP contribution in [-0.2, 0) is 4.74 Å². The Morgan fingerprint density at radius 2 is 2.20 bits per heavy atom. The predicted molar refractivity (Wildman–Crippen MR) is 82.2 cm³/mol. The first-order valence-corrected chi connectivity index (χ1v) is 7.78. The van der Waals surface area contributed by atoms with Crippen molar-refractivity contribution in [2.75, 3.05) is 31.7 Å². The zero-order valence-corrected chi connectivity index (χ0v) is 12.5. The third kappa shape index (κ3) is 3.16. The van der Waals surface area contributed by atoms with Crippen molar-refractivity contribution in [2.24, 2.45) is 5.92 Å². The third-order valence-electron chi connectivity index (χ3n) is 3.56. The van der Waals surface area contributed by atoms with Gasteiger partial charge in [0, 0.05) is 37.3 Å². The molecule has 1 unspecified atom stereocenters. The first-order valence-electron chi connectivity index (χ1n) is 7.01. The highest BCUT2D eigenvalue weighted by molar-refractivity contribution is 7.09. The van der Waals surface area contributed by atoms with E-state index in [1.165, 1.54) is 24.4 Å². The third-order valence-corrected chi connectivity index (χ3v) is 4.39. The van der Waals surface area contributed by atoms with E-state index in [0.29, 0.717) is 5.92 Å². The SMILES string of the molecule is CN(CC1CCCOC1)c1nc(-c2ccccc2)ns1. The van der Waals surface area contributed by atoms with Crippen LogP contribution in [0.3, 0.4) is 0 Å². The van der Waals surface area contributed by atoms with Gasteiger partial charge in [-0.25, -0.2) is 0 Å². The van der Waals surface area contributed by atoms with Gasteiger partial charge in [0.2, 0.25) is 5.13 Å². The Labute approximate surface area is 123 Å². The molecule has 1 aromatic carbocycles. The largest absolute Gasteiger partial charge is 0.381 e. The lowest BCUT2D eigenvalue weighted by Crippen LogP contribution is -2.30. The molecule has 4 nitrogen and oxygen atoms in total. The molecule has 0 radical (unpaired) electrons. The molecule has 0 N–H and O–H groups in total. The zero-order chi connectivity index (χ0) is 13.8. The van der Waals surface area contributed by atoms with E-state index in [4.69, 9.17) is 4.74 Å². The summed E-state index contributed by atoms with van der Waals surface area (Å²) in [5.74, 6) is 1.43. The van der Waals surface area contributed by atoms with Crippen molar-refractivity contribution in [3.63, 3.8) is 0 Å². The molecule has 1 fully saturated rings. The summed E-state index contributed by atoms with van der Waals surface area (Å²) in [6.45, 7) is 2.77. The molecule has 0 amide bonds. The van der Waals surface area contributed by atoms with Gasteiger partial charge in [-0.1, -0.05) is 30.3 Å². The fourth-order valence-electron chi connectivity index (χ4n) is 2.49. The summed E-state index contributed by atoms with van der Waals surface area (Å²) in [5, 5.41) is 0.981. The Kier molecular flexibility index (Phi) is 4.28. The Morgan fingerprint density at radius 1 is 1.35 bits per heavy atom. The molecule has 1 atom stereocenters. The summed E-state index contributed by atoms with van der Waals surface area (Å²) < 4.78 is 9.99. The highest BCUT2D eigenvalue weighted by Gasteiger charge is 2.18. The van der Waals surface area contributed by atoms with Crippen LogP contribution in [0.1, 0.15) is 12.8 Å². The van der Waals surface area contributed by atoms with Gasteiger partial charge in [-0.2, -0.15) is 9.36 Å². The zero-order valence-electron chi connectivity index (χ0n) is 11.7. The summed E-state index contributed by atoms with van der Waals surface area (Å²) in [6, 6.07) is 10.1. The minimum Gasteiger partial charge on any atom is -0.381 e. The maximum Gasteiger partial charge on any atom is 0.205 e. The van der Waals surface area contributed by atoms with Crippen LogP contribution >= 0.6 is 11.5 Å². The van der Waals surface area contributed by atoms with Crippen LogP contribution in [-0.4, -0.2) is 36.2 Å². The van der Waals surface area contributed by atoms with E-state index in [0.717, 1.165) is 36.3 Å². The fraction of sp³-hybridized carbons (Fsp3) is 0.467. The van der Waals surface area contributed by atoms with E-state index in [1.807, 2.05) is 30.3 Å². The first kappa shape index (κ1) is 13.5.